The molecule has 31 heavy (non-hydrogen) atoms. The number of hydrogen-bond acceptors (Lipinski definition) is 3. The first-order valence-electron chi connectivity index (χ1n) is 10.6. The molecule has 5 heteroatoms. The fourth-order valence-electron chi connectivity index (χ4n) is 4.85. The van der Waals surface area contributed by atoms with Crippen LogP contribution < -0.4 is 0 Å². The number of aromatic hydroxyl groups is 1. The van der Waals surface area contributed by atoms with Gasteiger partial charge in [-0.15, -0.1) is 0 Å². The van der Waals surface area contributed by atoms with E-state index in [0.717, 1.165) is 45.9 Å². The molecule has 156 valence electrons. The van der Waals surface area contributed by atoms with Gasteiger partial charge in [0.25, 0.3) is 5.91 Å². The molecular formula is C26H24N2O3. The minimum atomic E-state index is -0.0440. The van der Waals surface area contributed by atoms with Crippen molar-refractivity contribution in [2.45, 2.75) is 25.4 Å². The maximum atomic E-state index is 13.3. The van der Waals surface area contributed by atoms with Crippen molar-refractivity contribution in [3.05, 3.63) is 78.4 Å². The molecule has 2 amide bonds. The van der Waals surface area contributed by atoms with E-state index in [0.29, 0.717) is 19.6 Å². The highest BCUT2D eigenvalue weighted by atomic mass is 16.3. The molecule has 2 heterocycles. The molecule has 5 rings (SSSR count). The van der Waals surface area contributed by atoms with Gasteiger partial charge in [0.1, 0.15) is 5.75 Å². The summed E-state index contributed by atoms with van der Waals surface area (Å²) >= 11 is 0. The van der Waals surface area contributed by atoms with Crippen LogP contribution in [0.25, 0.3) is 21.9 Å². The molecule has 0 bridgehead atoms. The second-order valence-electron chi connectivity index (χ2n) is 8.28. The van der Waals surface area contributed by atoms with E-state index in [1.54, 1.807) is 17.0 Å². The quantitative estimate of drug-likeness (QED) is 0.651. The second-order valence-corrected chi connectivity index (χ2v) is 8.28. The Labute approximate surface area is 181 Å². The topological polar surface area (TPSA) is 60.9 Å². The van der Waals surface area contributed by atoms with Gasteiger partial charge >= 0.3 is 0 Å². The zero-order chi connectivity index (χ0) is 21.5. The van der Waals surface area contributed by atoms with Crippen molar-refractivity contribution < 1.29 is 14.7 Å². The fourth-order valence-corrected chi connectivity index (χ4v) is 4.85. The van der Waals surface area contributed by atoms with Gasteiger partial charge in [0.15, 0.2) is 0 Å². The molecule has 1 N–H and O–H groups in total. The fraction of sp³-hybridized carbons (Fsp3) is 0.231. The Hall–Kier alpha value is -3.60. The number of phenols is 1. The van der Waals surface area contributed by atoms with Crippen LogP contribution in [0.2, 0.25) is 0 Å². The summed E-state index contributed by atoms with van der Waals surface area (Å²) in [5, 5.41) is 12.2. The molecule has 0 aliphatic carbocycles. The van der Waals surface area contributed by atoms with Crippen LogP contribution in [0, 0.1) is 0 Å². The van der Waals surface area contributed by atoms with Crippen molar-refractivity contribution in [3.63, 3.8) is 0 Å². The van der Waals surface area contributed by atoms with E-state index >= 15 is 0 Å². The number of amides is 2. The maximum absolute atomic E-state index is 13.3. The van der Waals surface area contributed by atoms with Crippen LogP contribution in [0.5, 0.6) is 5.75 Å². The molecule has 0 spiro atoms. The highest BCUT2D eigenvalue weighted by molar-refractivity contribution is 6.02. The van der Waals surface area contributed by atoms with E-state index in [2.05, 4.69) is 6.58 Å². The number of benzene rings is 3. The number of rotatable bonds is 3. The van der Waals surface area contributed by atoms with Crippen LogP contribution in [-0.2, 0) is 11.3 Å². The summed E-state index contributed by atoms with van der Waals surface area (Å²) in [5.74, 6) is 0.218. The average molecular weight is 412 g/mol. The largest absolute Gasteiger partial charge is 0.508 e. The van der Waals surface area contributed by atoms with Gasteiger partial charge in [0, 0.05) is 31.2 Å². The predicted molar refractivity (Wildman–Crippen MR) is 121 cm³/mol. The zero-order valence-electron chi connectivity index (χ0n) is 17.3. The van der Waals surface area contributed by atoms with Crippen LogP contribution in [0.1, 0.15) is 28.8 Å². The second kappa shape index (κ2) is 7.58. The molecule has 3 aromatic rings. The number of phenolic OH excluding ortho intramolecular Hbond substituents is 1. The third-order valence-electron chi connectivity index (χ3n) is 6.49. The van der Waals surface area contributed by atoms with Crippen LogP contribution in [0.3, 0.4) is 0 Å². The van der Waals surface area contributed by atoms with Gasteiger partial charge in [0.2, 0.25) is 5.91 Å². The lowest BCUT2D eigenvalue weighted by Crippen LogP contribution is -2.46. The normalized spacial score (nSPS) is 16.6. The lowest BCUT2D eigenvalue weighted by Gasteiger charge is -2.36. The molecule has 2 aliphatic heterocycles. The van der Waals surface area contributed by atoms with E-state index in [-0.39, 0.29) is 23.6 Å². The lowest BCUT2D eigenvalue weighted by molar-refractivity contribution is -0.127. The molecule has 1 fully saturated rings. The summed E-state index contributed by atoms with van der Waals surface area (Å²) in [6.45, 7) is 5.46. The van der Waals surface area contributed by atoms with E-state index < -0.39 is 0 Å². The molecule has 0 radical (unpaired) electrons. The van der Waals surface area contributed by atoms with E-state index in [1.807, 2.05) is 47.4 Å². The summed E-state index contributed by atoms with van der Waals surface area (Å²) in [7, 11) is 0. The Bertz CT molecular complexity index is 1210. The van der Waals surface area contributed by atoms with E-state index in [4.69, 9.17) is 0 Å². The molecule has 0 aromatic heterocycles. The monoisotopic (exact) mass is 412 g/mol. The van der Waals surface area contributed by atoms with Gasteiger partial charge in [-0.25, -0.2) is 0 Å². The molecule has 0 saturated carbocycles. The summed E-state index contributed by atoms with van der Waals surface area (Å²) < 4.78 is 0. The Kier molecular flexibility index (Phi) is 4.74. The van der Waals surface area contributed by atoms with Crippen molar-refractivity contribution in [1.29, 1.82) is 0 Å². The summed E-state index contributed by atoms with van der Waals surface area (Å²) in [5.41, 5.74) is 3.60. The highest BCUT2D eigenvalue weighted by Crippen LogP contribution is 2.36. The van der Waals surface area contributed by atoms with Gasteiger partial charge in [-0.2, -0.15) is 0 Å². The zero-order valence-corrected chi connectivity index (χ0v) is 17.3. The summed E-state index contributed by atoms with van der Waals surface area (Å²) in [6.07, 6.45) is 2.91. The van der Waals surface area contributed by atoms with Gasteiger partial charge < -0.3 is 14.9 Å². The molecule has 1 saturated heterocycles. The van der Waals surface area contributed by atoms with E-state index in [9.17, 15) is 14.7 Å². The van der Waals surface area contributed by atoms with Gasteiger partial charge in [-0.05, 0) is 64.6 Å². The molecule has 2 aliphatic rings. The number of carbonyl (C=O) groups is 2. The number of nitrogens with zero attached hydrogens (tertiary/aromatic N) is 2. The minimum absolute atomic E-state index is 0.0440. The number of likely N-dealkylation sites (tertiary alicyclic amines) is 1. The van der Waals surface area contributed by atoms with Crippen LogP contribution in [-0.4, -0.2) is 45.9 Å². The van der Waals surface area contributed by atoms with Crippen LogP contribution in [0.4, 0.5) is 0 Å². The summed E-state index contributed by atoms with van der Waals surface area (Å²) in [6, 6.07) is 17.6. The molecule has 5 nitrogen and oxygen atoms in total. The minimum Gasteiger partial charge on any atom is -0.508 e. The van der Waals surface area contributed by atoms with Crippen molar-refractivity contribution in [3.8, 4) is 16.9 Å². The molecule has 0 unspecified atom stereocenters. The third kappa shape index (κ3) is 3.36. The van der Waals surface area contributed by atoms with Crippen molar-refractivity contribution in [2.75, 3.05) is 13.1 Å². The average Bonchev–Trinajstić information content (AvgIpc) is 3.14. The Morgan fingerprint density at radius 3 is 2.58 bits per heavy atom. The van der Waals surface area contributed by atoms with Crippen molar-refractivity contribution in [2.24, 2.45) is 0 Å². The number of piperidine rings is 1. The highest BCUT2D eigenvalue weighted by Gasteiger charge is 2.35. The lowest BCUT2D eigenvalue weighted by atomic mass is 9.95. The van der Waals surface area contributed by atoms with Crippen LogP contribution >= 0.6 is 0 Å². The molecular weight excluding hydrogens is 388 g/mol. The first-order valence-corrected chi connectivity index (χ1v) is 10.6. The standard InChI is InChI=1S/C26H24N2O3/c1-2-25(30)27-11-9-20(10-12-27)28-16-19-8-7-18(14-24(19)26(28)31)23-15-21(29)13-17-5-3-4-6-22(17)23/h2-8,13-15,20,29H,1,9-12,16H2. The Balaban J connectivity index is 1.42. The number of carbonyl (C=O) groups excluding carboxylic acids is 2. The molecule has 3 aromatic carbocycles. The SMILES string of the molecule is C=CC(=O)N1CCC(N2Cc3ccc(-c4cc(O)cc5ccccc45)cc3C2=O)CC1. The van der Waals surface area contributed by atoms with Gasteiger partial charge in [-0.1, -0.05) is 43.0 Å². The van der Waals surface area contributed by atoms with Gasteiger partial charge in [-0.3, -0.25) is 9.59 Å². The smallest absolute Gasteiger partial charge is 0.254 e. The maximum Gasteiger partial charge on any atom is 0.254 e. The van der Waals surface area contributed by atoms with E-state index in [1.165, 1.54) is 6.08 Å². The molecule has 0 atom stereocenters. The number of fused-ring (bicyclic) bond motifs is 2. The Morgan fingerprint density at radius 2 is 1.81 bits per heavy atom. The summed E-state index contributed by atoms with van der Waals surface area (Å²) in [4.78, 5) is 28.8. The van der Waals surface area contributed by atoms with Crippen molar-refractivity contribution >= 4 is 22.6 Å². The number of hydrogen-bond donors (Lipinski definition) is 1. The third-order valence-corrected chi connectivity index (χ3v) is 6.49. The predicted octanol–water partition coefficient (Wildman–Crippen LogP) is 4.35. The Morgan fingerprint density at radius 1 is 1.03 bits per heavy atom. The van der Waals surface area contributed by atoms with Crippen molar-refractivity contribution in [1.82, 2.24) is 9.80 Å². The van der Waals surface area contributed by atoms with Gasteiger partial charge in [0.05, 0.1) is 0 Å². The first kappa shape index (κ1) is 19.4. The first-order chi connectivity index (χ1) is 15.0. The van der Waals surface area contributed by atoms with Crippen LogP contribution in [0.15, 0.2) is 67.3 Å².